The number of piperidine rings is 2. The number of benzene rings is 1. The molecule has 164 valence electrons. The van der Waals surface area contributed by atoms with Gasteiger partial charge in [0, 0.05) is 31.7 Å². The molecule has 0 bridgehead atoms. The summed E-state index contributed by atoms with van der Waals surface area (Å²) in [4.78, 5) is 39.9. The van der Waals surface area contributed by atoms with Gasteiger partial charge < -0.3 is 14.5 Å². The number of carbonyl (C=O) groups is 2. The van der Waals surface area contributed by atoms with Gasteiger partial charge in [-0.1, -0.05) is 13.8 Å². The van der Waals surface area contributed by atoms with Gasteiger partial charge in [-0.15, -0.1) is 0 Å². The molecule has 0 saturated carbocycles. The molecule has 0 N–H and O–H groups in total. The van der Waals surface area contributed by atoms with E-state index >= 15 is 0 Å². The fourth-order valence-corrected chi connectivity index (χ4v) is 4.52. The normalized spacial score (nSPS) is 21.9. The molecule has 1 aromatic carbocycles. The Kier molecular flexibility index (Phi) is 7.29. The standard InChI is InChI=1S/C22H31N3O5/c1-3-18-8-4-5-12-24(18)21(26)15-30-22(27)17-9-10-19(20(13-17)25(28)29)23-11-6-7-16(2)14-23/h9-10,13,16,18H,3-8,11-12,14-15H2,1-2H3/t16-,18+/m0/s1. The molecule has 30 heavy (non-hydrogen) atoms. The number of nitro groups is 1. The Morgan fingerprint density at radius 2 is 2.00 bits per heavy atom. The summed E-state index contributed by atoms with van der Waals surface area (Å²) >= 11 is 0. The Morgan fingerprint density at radius 1 is 1.20 bits per heavy atom. The third-order valence-corrected chi connectivity index (χ3v) is 6.15. The van der Waals surface area contributed by atoms with Crippen LogP contribution in [0.25, 0.3) is 0 Å². The first-order chi connectivity index (χ1) is 14.4. The lowest BCUT2D eigenvalue weighted by Crippen LogP contribution is -2.45. The van der Waals surface area contributed by atoms with Gasteiger partial charge >= 0.3 is 5.97 Å². The summed E-state index contributed by atoms with van der Waals surface area (Å²) in [6.45, 7) is 6.04. The molecule has 0 spiro atoms. The minimum Gasteiger partial charge on any atom is -0.452 e. The van der Waals surface area contributed by atoms with Crippen LogP contribution in [0.3, 0.4) is 0 Å². The maximum Gasteiger partial charge on any atom is 0.338 e. The van der Waals surface area contributed by atoms with Crippen molar-refractivity contribution >= 4 is 23.3 Å². The second kappa shape index (κ2) is 9.91. The average molecular weight is 418 g/mol. The highest BCUT2D eigenvalue weighted by Crippen LogP contribution is 2.32. The number of carbonyl (C=O) groups excluding carboxylic acids is 2. The maximum atomic E-state index is 12.5. The largest absolute Gasteiger partial charge is 0.452 e. The summed E-state index contributed by atoms with van der Waals surface area (Å²) in [5.74, 6) is -0.450. The molecule has 8 nitrogen and oxygen atoms in total. The van der Waals surface area contributed by atoms with Gasteiger partial charge in [-0.05, 0) is 56.6 Å². The maximum absolute atomic E-state index is 12.5. The smallest absolute Gasteiger partial charge is 0.338 e. The predicted molar refractivity (Wildman–Crippen MR) is 114 cm³/mol. The lowest BCUT2D eigenvalue weighted by molar-refractivity contribution is -0.384. The number of anilines is 1. The predicted octanol–water partition coefficient (Wildman–Crippen LogP) is 3.78. The van der Waals surface area contributed by atoms with Gasteiger partial charge in [0.05, 0.1) is 10.5 Å². The van der Waals surface area contributed by atoms with E-state index in [0.29, 0.717) is 18.2 Å². The summed E-state index contributed by atoms with van der Waals surface area (Å²) < 4.78 is 5.21. The molecule has 3 rings (SSSR count). The molecule has 8 heteroatoms. The van der Waals surface area contributed by atoms with Crippen molar-refractivity contribution in [1.82, 2.24) is 4.90 Å². The third-order valence-electron chi connectivity index (χ3n) is 6.15. The number of hydrogen-bond donors (Lipinski definition) is 0. The van der Waals surface area contributed by atoms with Crippen LogP contribution < -0.4 is 4.90 Å². The van der Waals surface area contributed by atoms with Gasteiger partial charge in [0.1, 0.15) is 5.69 Å². The molecular weight excluding hydrogens is 386 g/mol. The minimum absolute atomic E-state index is 0.0917. The summed E-state index contributed by atoms with van der Waals surface area (Å²) in [6.07, 6.45) is 6.01. The van der Waals surface area contributed by atoms with E-state index in [1.54, 1.807) is 17.0 Å². The van der Waals surface area contributed by atoms with Crippen LogP contribution in [-0.4, -0.2) is 54.0 Å². The van der Waals surface area contributed by atoms with E-state index in [-0.39, 0.29) is 29.8 Å². The van der Waals surface area contributed by atoms with Crippen molar-refractivity contribution in [2.75, 3.05) is 31.1 Å². The minimum atomic E-state index is -0.713. The van der Waals surface area contributed by atoms with Crippen LogP contribution in [-0.2, 0) is 9.53 Å². The van der Waals surface area contributed by atoms with Gasteiger partial charge in [0.15, 0.2) is 6.61 Å². The van der Waals surface area contributed by atoms with Crippen molar-refractivity contribution < 1.29 is 19.2 Å². The monoisotopic (exact) mass is 417 g/mol. The molecule has 0 radical (unpaired) electrons. The number of esters is 1. The number of amides is 1. The Labute approximate surface area is 177 Å². The van der Waals surface area contributed by atoms with Crippen molar-refractivity contribution in [2.24, 2.45) is 5.92 Å². The van der Waals surface area contributed by atoms with E-state index < -0.39 is 10.9 Å². The Balaban J connectivity index is 1.67. The van der Waals surface area contributed by atoms with E-state index in [1.165, 1.54) is 6.07 Å². The van der Waals surface area contributed by atoms with Gasteiger partial charge in [-0.2, -0.15) is 0 Å². The molecule has 0 aromatic heterocycles. The molecule has 2 atom stereocenters. The summed E-state index contributed by atoms with van der Waals surface area (Å²) in [5, 5.41) is 11.6. The van der Waals surface area contributed by atoms with Crippen molar-refractivity contribution in [1.29, 1.82) is 0 Å². The third kappa shape index (κ3) is 5.09. The second-order valence-electron chi connectivity index (χ2n) is 8.38. The van der Waals surface area contributed by atoms with Gasteiger partial charge in [0.2, 0.25) is 0 Å². The number of rotatable bonds is 6. The first-order valence-electron chi connectivity index (χ1n) is 10.9. The molecular formula is C22H31N3O5. The number of nitro benzene ring substituents is 1. The van der Waals surface area contributed by atoms with Gasteiger partial charge in [-0.25, -0.2) is 4.79 Å². The lowest BCUT2D eigenvalue weighted by Gasteiger charge is -2.35. The molecule has 2 aliphatic rings. The molecule has 2 heterocycles. The molecule has 2 saturated heterocycles. The Morgan fingerprint density at radius 3 is 2.70 bits per heavy atom. The number of likely N-dealkylation sites (tertiary alicyclic amines) is 1. The first-order valence-corrected chi connectivity index (χ1v) is 10.9. The highest BCUT2D eigenvalue weighted by atomic mass is 16.6. The molecule has 2 fully saturated rings. The van der Waals surface area contributed by atoms with Crippen LogP contribution >= 0.6 is 0 Å². The van der Waals surface area contributed by atoms with Gasteiger partial charge in [-0.3, -0.25) is 14.9 Å². The fraction of sp³-hybridized carbons (Fsp3) is 0.636. The van der Waals surface area contributed by atoms with E-state index in [0.717, 1.165) is 51.6 Å². The lowest BCUT2D eigenvalue weighted by atomic mass is 9.99. The van der Waals surface area contributed by atoms with E-state index in [9.17, 15) is 19.7 Å². The summed E-state index contributed by atoms with van der Waals surface area (Å²) in [5.41, 5.74) is 0.513. The van der Waals surface area contributed by atoms with Crippen LogP contribution in [0.2, 0.25) is 0 Å². The van der Waals surface area contributed by atoms with E-state index in [1.807, 2.05) is 11.8 Å². The summed E-state index contributed by atoms with van der Waals surface area (Å²) in [7, 11) is 0. The van der Waals surface area contributed by atoms with Gasteiger partial charge in [0.25, 0.3) is 11.6 Å². The SMILES string of the molecule is CC[C@@H]1CCCCN1C(=O)COC(=O)c1ccc(N2CCC[C@H](C)C2)c([N+](=O)[O-])c1. The van der Waals surface area contributed by atoms with Crippen molar-refractivity contribution in [3.8, 4) is 0 Å². The quantitative estimate of drug-likeness (QED) is 0.397. The van der Waals surface area contributed by atoms with Crippen LogP contribution in [0.1, 0.15) is 62.7 Å². The highest BCUT2D eigenvalue weighted by Gasteiger charge is 2.28. The zero-order valence-corrected chi connectivity index (χ0v) is 17.8. The second-order valence-corrected chi connectivity index (χ2v) is 8.38. The zero-order valence-electron chi connectivity index (χ0n) is 17.8. The fourth-order valence-electron chi connectivity index (χ4n) is 4.52. The molecule has 0 unspecified atom stereocenters. The van der Waals surface area contributed by atoms with E-state index in [2.05, 4.69) is 6.92 Å². The number of nitrogens with zero attached hydrogens (tertiary/aromatic N) is 3. The van der Waals surface area contributed by atoms with Crippen LogP contribution in [0, 0.1) is 16.0 Å². The highest BCUT2D eigenvalue weighted by molar-refractivity contribution is 5.93. The van der Waals surface area contributed by atoms with Crippen molar-refractivity contribution in [2.45, 2.75) is 58.4 Å². The molecule has 0 aliphatic carbocycles. The summed E-state index contributed by atoms with van der Waals surface area (Å²) in [6, 6.07) is 4.62. The molecule has 2 aliphatic heterocycles. The molecule has 1 aromatic rings. The average Bonchev–Trinajstić information content (AvgIpc) is 2.76. The van der Waals surface area contributed by atoms with Crippen molar-refractivity contribution in [3.05, 3.63) is 33.9 Å². The molecule has 1 amide bonds. The zero-order chi connectivity index (χ0) is 21.7. The van der Waals surface area contributed by atoms with Crippen LogP contribution in [0.4, 0.5) is 11.4 Å². The first kappa shape index (κ1) is 22.1. The Hall–Kier alpha value is -2.64. The van der Waals surface area contributed by atoms with Crippen LogP contribution in [0.15, 0.2) is 18.2 Å². The van der Waals surface area contributed by atoms with Crippen molar-refractivity contribution in [3.63, 3.8) is 0 Å². The number of ether oxygens (including phenoxy) is 1. The van der Waals surface area contributed by atoms with E-state index in [4.69, 9.17) is 4.74 Å². The number of hydrogen-bond acceptors (Lipinski definition) is 6. The topological polar surface area (TPSA) is 93.0 Å². The van der Waals surface area contributed by atoms with Crippen LogP contribution in [0.5, 0.6) is 0 Å². The Bertz CT molecular complexity index is 797.